The summed E-state index contributed by atoms with van der Waals surface area (Å²) in [7, 11) is -5.09. The second kappa shape index (κ2) is 25.2. The quantitative estimate of drug-likeness (QED) is 0.0325. The van der Waals surface area contributed by atoms with Crippen molar-refractivity contribution in [1.82, 2.24) is 36.1 Å². The van der Waals surface area contributed by atoms with E-state index in [0.717, 1.165) is 12.0 Å². The molecule has 22 nitrogen and oxygen atoms in total. The molecule has 83 heavy (non-hydrogen) atoms. The number of piperidine rings is 2. The Kier molecular flexibility index (Phi) is 17.8. The van der Waals surface area contributed by atoms with Crippen LogP contribution in [-0.4, -0.2) is 127 Å². The third-order valence-electron chi connectivity index (χ3n) is 15.7. The largest absolute Gasteiger partial charge is 0.396 e. The molecule has 5 aromatic rings. The van der Waals surface area contributed by atoms with Crippen LogP contribution in [0.5, 0.6) is 0 Å². The Morgan fingerprint density at radius 1 is 0.843 bits per heavy atom. The monoisotopic (exact) mass is 1150 g/mol. The highest BCUT2D eigenvalue weighted by molar-refractivity contribution is 7.70. The third-order valence-corrected chi connectivity index (χ3v) is 16.5. The zero-order valence-electron chi connectivity index (χ0n) is 45.7. The first kappa shape index (κ1) is 58.9. The molecule has 0 aliphatic carbocycles. The fourth-order valence-electron chi connectivity index (χ4n) is 11.4. The van der Waals surface area contributed by atoms with Crippen LogP contribution in [0.2, 0.25) is 0 Å². The van der Waals surface area contributed by atoms with Crippen LogP contribution in [0, 0.1) is 23.7 Å². The van der Waals surface area contributed by atoms with Crippen molar-refractivity contribution < 1.29 is 62.3 Å². The molecule has 4 aliphatic heterocycles. The molecule has 432 valence electrons. The summed E-state index contributed by atoms with van der Waals surface area (Å²) < 4.78 is 11.7. The number of urea groups is 1. The number of benzene rings is 4. The summed E-state index contributed by atoms with van der Waals surface area (Å²) in [6.45, 7) is 4.31. The third kappa shape index (κ3) is 13.4. The second-order valence-electron chi connectivity index (χ2n) is 21.8. The Hall–Kier alpha value is -8.77. The summed E-state index contributed by atoms with van der Waals surface area (Å²) in [4.78, 5) is 161. The molecule has 1 unspecified atom stereocenters. The number of ketones is 1. The van der Waals surface area contributed by atoms with Crippen molar-refractivity contribution in [2.45, 2.75) is 108 Å². The van der Waals surface area contributed by atoms with Gasteiger partial charge in [-0.3, -0.25) is 57.9 Å². The van der Waals surface area contributed by atoms with Crippen LogP contribution < -0.4 is 31.9 Å². The van der Waals surface area contributed by atoms with Gasteiger partial charge in [-0.1, -0.05) is 80.3 Å². The number of Topliss-reactive ketones (excluding diaryl/α,β-unsaturated/α-hetero) is 1. The number of nitrogens with zero attached hydrogens (tertiary/aromatic N) is 3. The van der Waals surface area contributed by atoms with Gasteiger partial charge in [-0.15, -0.1) is 0 Å². The lowest BCUT2D eigenvalue weighted by Crippen LogP contribution is -2.58. The zero-order valence-corrected chi connectivity index (χ0v) is 46.6. The number of fused-ring (bicyclic) bond motifs is 3. The molecule has 1 aromatic heterocycles. The molecule has 5 atom stereocenters. The first-order valence-corrected chi connectivity index (χ1v) is 29.2. The molecule has 5 heterocycles. The van der Waals surface area contributed by atoms with Gasteiger partial charge in [0.15, 0.2) is 5.78 Å². The van der Waals surface area contributed by atoms with Crippen LogP contribution in [0.3, 0.4) is 0 Å². The maximum absolute atomic E-state index is 14.9. The van der Waals surface area contributed by atoms with Gasteiger partial charge in [-0.25, -0.2) is 4.79 Å². The van der Waals surface area contributed by atoms with Crippen LogP contribution in [0.15, 0.2) is 97.1 Å². The molecule has 2 saturated heterocycles. The zero-order chi connectivity index (χ0) is 59.3. The van der Waals surface area contributed by atoms with Crippen LogP contribution in [0.4, 0.5) is 10.5 Å². The van der Waals surface area contributed by atoms with Crippen LogP contribution >= 0.6 is 7.60 Å². The Labute approximate surface area is 477 Å². The van der Waals surface area contributed by atoms with E-state index in [-0.39, 0.29) is 79.5 Å². The first-order valence-electron chi connectivity index (χ1n) is 27.6. The van der Waals surface area contributed by atoms with Gasteiger partial charge < -0.3 is 46.3 Å². The highest BCUT2D eigenvalue weighted by Gasteiger charge is 2.44. The number of primary amides is 1. The lowest BCUT2D eigenvalue weighted by Gasteiger charge is -2.34. The number of imide groups is 1. The molecule has 0 bridgehead atoms. The number of carbonyl (C=O) groups excluding carboxylic acids is 10. The van der Waals surface area contributed by atoms with E-state index in [1.165, 1.54) is 34.1 Å². The highest BCUT2D eigenvalue weighted by atomic mass is 31.2. The minimum atomic E-state index is -5.09. The number of likely N-dealkylation sites (tertiary alicyclic amines) is 1. The number of rotatable bonds is 19. The number of anilines is 1. The Morgan fingerprint density at radius 2 is 1.58 bits per heavy atom. The van der Waals surface area contributed by atoms with E-state index in [4.69, 9.17) is 5.73 Å². The minimum absolute atomic E-state index is 0.0194. The van der Waals surface area contributed by atoms with Crippen molar-refractivity contribution in [1.29, 1.82) is 0 Å². The summed E-state index contributed by atoms with van der Waals surface area (Å²) in [6, 6.07) is 20.6. The van der Waals surface area contributed by atoms with Gasteiger partial charge in [0, 0.05) is 85.1 Å². The molecule has 0 spiro atoms. The summed E-state index contributed by atoms with van der Waals surface area (Å²) in [5.74, 6) is 1.52. The molecule has 4 aliphatic rings. The predicted octanol–water partition coefficient (Wildman–Crippen LogP) is 4.32. The number of para-hydroxylation sites is 1. The Bertz CT molecular complexity index is 3540. The van der Waals surface area contributed by atoms with E-state index in [2.05, 4.69) is 38.1 Å². The number of nitrogens with two attached hydrogens (primary N) is 1. The van der Waals surface area contributed by atoms with Crippen molar-refractivity contribution in [2.24, 2.45) is 17.6 Å². The number of hydrogen-bond acceptors (Lipinski definition) is 11. The summed E-state index contributed by atoms with van der Waals surface area (Å²) in [5.41, 5.74) is 7.73. The lowest BCUT2D eigenvalue weighted by atomic mass is 9.87. The molecule has 9 amide bonds. The standard InChI is InChI=1S/C60H64N9O13P/c1-34(2)27-46(64-53(72)45-29-40-28-39(19-20-44(40)63-45)59(78)83(80,81)82)58(77)69-48-18-9-8-15-38(48)30-50(69)55(74)65-47(32-62-60(61)79)51(70)31-42(36-12-4-3-5-13-36)56(75)67-25-23-35(24-26-67)11-6-7-14-37-16-10-17-41-43(37)33-68(57(41)76)49-21-22-52(71)66-54(49)73/h3-5,8-10,12-13,15-20,28-29,34-35,42,46-47,49-50,63H,6,11,21-27,30-33H2,1-2H3,(H,64,72)(H,65,74)(H3,61,62,79)(H,66,71,73)(H2,80,81,82)/t42-,46-,47-,49?,50-/m0/s1. The van der Waals surface area contributed by atoms with Gasteiger partial charge >= 0.3 is 13.6 Å². The molecule has 0 radical (unpaired) electrons. The maximum Gasteiger partial charge on any atom is 0.396 e. The maximum atomic E-state index is 14.9. The van der Waals surface area contributed by atoms with Gasteiger partial charge in [-0.05, 0) is 103 Å². The van der Waals surface area contributed by atoms with Gasteiger partial charge in [0.1, 0.15) is 29.9 Å². The number of nitrogens with one attached hydrogen (secondary N) is 5. The Balaban J connectivity index is 0.857. The fraction of sp³-hybridized carbons (Fsp3) is 0.367. The Morgan fingerprint density at radius 3 is 2.29 bits per heavy atom. The van der Waals surface area contributed by atoms with Gasteiger partial charge in [0.25, 0.3) is 17.3 Å². The summed E-state index contributed by atoms with van der Waals surface area (Å²) in [5, 5.41) is 10.6. The first-order chi connectivity index (χ1) is 39.6. The average molecular weight is 1150 g/mol. The number of carbonyl (C=O) groups is 10. The molecule has 23 heteroatoms. The van der Waals surface area contributed by atoms with Gasteiger partial charge in [-0.2, -0.15) is 0 Å². The van der Waals surface area contributed by atoms with E-state index >= 15 is 0 Å². The SMILES string of the molecule is CC(C)C[C@H](NC(=O)c1cc2cc(C(=O)P(=O)(O)O)ccc2[nH]1)C(=O)N1c2ccccc2C[C@H]1C(=O)N[C@@H](CNC(N)=O)C(=O)C[C@H](C(=O)N1CCC(CCC#Cc2cccc3c2CN(C2CCC(=O)NC2=O)C3=O)CC1)c1ccccc1. The summed E-state index contributed by atoms with van der Waals surface area (Å²) >= 11 is 0. The number of amides is 9. The highest BCUT2D eigenvalue weighted by Crippen LogP contribution is 2.40. The number of aromatic amines is 1. The van der Waals surface area contributed by atoms with Crippen molar-refractivity contribution >= 4 is 82.9 Å². The van der Waals surface area contributed by atoms with Crippen LogP contribution in [0.25, 0.3) is 10.9 Å². The fourth-order valence-corrected chi connectivity index (χ4v) is 11.9. The second-order valence-corrected chi connectivity index (χ2v) is 23.3. The molecule has 0 saturated carbocycles. The van der Waals surface area contributed by atoms with Crippen LogP contribution in [0.1, 0.15) is 125 Å². The normalized spacial score (nSPS) is 18.1. The van der Waals surface area contributed by atoms with Gasteiger partial charge in [0.05, 0.1) is 5.92 Å². The van der Waals surface area contributed by atoms with Crippen molar-refractivity contribution in [2.75, 3.05) is 24.5 Å². The van der Waals surface area contributed by atoms with Crippen LogP contribution in [-0.2, 0) is 46.3 Å². The minimum Gasteiger partial charge on any atom is -0.352 e. The molecule has 2 fully saturated rings. The topological polar surface area (TPSA) is 328 Å². The molecule has 4 aromatic carbocycles. The van der Waals surface area contributed by atoms with E-state index in [9.17, 15) is 62.3 Å². The average Bonchev–Trinajstić information content (AvgIpc) is 3.41. The number of hydrogen-bond donors (Lipinski definition) is 8. The van der Waals surface area contributed by atoms with Crippen molar-refractivity contribution in [3.63, 3.8) is 0 Å². The molecular formula is C60H64N9O13P. The molecule has 9 N–H and O–H groups in total. The van der Waals surface area contributed by atoms with Crippen molar-refractivity contribution in [3.8, 4) is 11.8 Å². The smallest absolute Gasteiger partial charge is 0.352 e. The molecular weight excluding hydrogens is 1090 g/mol. The van der Waals surface area contributed by atoms with E-state index in [1.807, 2.05) is 19.9 Å². The van der Waals surface area contributed by atoms with E-state index in [0.29, 0.717) is 71.2 Å². The molecule has 9 rings (SSSR count). The van der Waals surface area contributed by atoms with E-state index in [1.54, 1.807) is 71.6 Å². The lowest BCUT2D eigenvalue weighted by molar-refractivity contribution is -0.137. The number of H-pyrrole nitrogens is 1. The summed E-state index contributed by atoms with van der Waals surface area (Å²) in [6.07, 6.45) is 2.87. The predicted molar refractivity (Wildman–Crippen MR) is 303 cm³/mol. The number of aromatic nitrogens is 1. The van der Waals surface area contributed by atoms with Crippen molar-refractivity contribution in [3.05, 3.63) is 136 Å². The van der Waals surface area contributed by atoms with E-state index < -0.39 is 85.2 Å². The van der Waals surface area contributed by atoms with Gasteiger partial charge in [0.2, 0.25) is 29.5 Å².